The van der Waals surface area contributed by atoms with Gasteiger partial charge in [-0.3, -0.25) is 4.79 Å². The molecule has 1 atom stereocenters. The van der Waals surface area contributed by atoms with Gasteiger partial charge >= 0.3 is 5.97 Å². The number of carboxylic acid groups (broad SMARTS) is 1. The van der Waals surface area contributed by atoms with Crippen LogP contribution < -0.4 is 4.74 Å². The van der Waals surface area contributed by atoms with Crippen LogP contribution in [0.1, 0.15) is 24.0 Å². The molecule has 0 bridgehead atoms. The van der Waals surface area contributed by atoms with Crippen molar-refractivity contribution in [2.24, 2.45) is 0 Å². The SMILES string of the molecule is COc1ccc([C@H](C)C(=O)O)cc1C. The van der Waals surface area contributed by atoms with Gasteiger partial charge in [-0.25, -0.2) is 0 Å². The van der Waals surface area contributed by atoms with Gasteiger partial charge in [-0.15, -0.1) is 0 Å². The van der Waals surface area contributed by atoms with Crippen molar-refractivity contribution in [1.82, 2.24) is 0 Å². The topological polar surface area (TPSA) is 46.5 Å². The molecule has 0 aliphatic carbocycles. The second-order valence-corrected chi connectivity index (χ2v) is 3.29. The van der Waals surface area contributed by atoms with E-state index in [1.165, 1.54) is 0 Å². The largest absolute Gasteiger partial charge is 0.496 e. The lowest BCUT2D eigenvalue weighted by atomic mass is 9.99. The maximum Gasteiger partial charge on any atom is 0.310 e. The van der Waals surface area contributed by atoms with Crippen LogP contribution in [-0.4, -0.2) is 18.2 Å². The number of ether oxygens (including phenoxy) is 1. The molecule has 76 valence electrons. The van der Waals surface area contributed by atoms with Crippen molar-refractivity contribution in [2.45, 2.75) is 19.8 Å². The van der Waals surface area contributed by atoms with Gasteiger partial charge in [0.15, 0.2) is 0 Å². The molecule has 1 aromatic rings. The molecule has 1 N–H and O–H groups in total. The van der Waals surface area contributed by atoms with Crippen LogP contribution in [0, 0.1) is 6.92 Å². The van der Waals surface area contributed by atoms with E-state index in [2.05, 4.69) is 0 Å². The zero-order valence-corrected chi connectivity index (χ0v) is 8.57. The highest BCUT2D eigenvalue weighted by atomic mass is 16.5. The number of carbonyl (C=O) groups is 1. The number of hydrogen-bond donors (Lipinski definition) is 1. The van der Waals surface area contributed by atoms with E-state index in [-0.39, 0.29) is 0 Å². The molecule has 0 saturated carbocycles. The number of hydrogen-bond acceptors (Lipinski definition) is 2. The second kappa shape index (κ2) is 4.13. The first kappa shape index (κ1) is 10.6. The Hall–Kier alpha value is -1.51. The number of carboxylic acids is 1. The lowest BCUT2D eigenvalue weighted by molar-refractivity contribution is -0.138. The van der Waals surface area contributed by atoms with Crippen molar-refractivity contribution in [3.05, 3.63) is 29.3 Å². The Morgan fingerprint density at radius 2 is 2.14 bits per heavy atom. The van der Waals surface area contributed by atoms with Crippen molar-refractivity contribution >= 4 is 5.97 Å². The molecule has 0 unspecified atom stereocenters. The molecular formula is C11H14O3. The van der Waals surface area contributed by atoms with Gasteiger partial charge in [0.05, 0.1) is 13.0 Å². The van der Waals surface area contributed by atoms with E-state index in [1.807, 2.05) is 13.0 Å². The predicted octanol–water partition coefficient (Wildman–Crippen LogP) is 2.19. The summed E-state index contributed by atoms with van der Waals surface area (Å²) in [7, 11) is 1.60. The summed E-state index contributed by atoms with van der Waals surface area (Å²) >= 11 is 0. The van der Waals surface area contributed by atoms with Gasteiger partial charge in [0, 0.05) is 0 Å². The number of aryl methyl sites for hydroxylation is 1. The Bertz CT molecular complexity index is 344. The molecule has 0 heterocycles. The number of methoxy groups -OCH3 is 1. The van der Waals surface area contributed by atoms with Crippen molar-refractivity contribution in [1.29, 1.82) is 0 Å². The highest BCUT2D eigenvalue weighted by molar-refractivity contribution is 5.75. The minimum atomic E-state index is -0.811. The minimum Gasteiger partial charge on any atom is -0.496 e. The lowest BCUT2D eigenvalue weighted by Crippen LogP contribution is -2.07. The van der Waals surface area contributed by atoms with E-state index in [4.69, 9.17) is 9.84 Å². The lowest BCUT2D eigenvalue weighted by Gasteiger charge is -2.10. The summed E-state index contributed by atoms with van der Waals surface area (Å²) in [4.78, 5) is 10.7. The molecule has 0 amide bonds. The van der Waals surface area contributed by atoms with E-state index >= 15 is 0 Å². The third-order valence-corrected chi connectivity index (χ3v) is 2.29. The first-order valence-electron chi connectivity index (χ1n) is 4.43. The zero-order chi connectivity index (χ0) is 10.7. The minimum absolute atomic E-state index is 0.473. The molecule has 0 spiro atoms. The molecule has 0 aliphatic heterocycles. The summed E-state index contributed by atoms with van der Waals surface area (Å²) in [6.45, 7) is 3.57. The Kier molecular flexibility index (Phi) is 3.12. The maximum atomic E-state index is 10.7. The molecule has 0 aromatic heterocycles. The van der Waals surface area contributed by atoms with Gasteiger partial charge in [-0.2, -0.15) is 0 Å². The van der Waals surface area contributed by atoms with Gasteiger partial charge in [0.1, 0.15) is 5.75 Å². The summed E-state index contributed by atoms with van der Waals surface area (Å²) in [5, 5.41) is 8.82. The van der Waals surface area contributed by atoms with Crippen LogP contribution in [-0.2, 0) is 4.79 Å². The fraction of sp³-hybridized carbons (Fsp3) is 0.364. The number of rotatable bonds is 3. The molecule has 3 nitrogen and oxygen atoms in total. The van der Waals surface area contributed by atoms with E-state index < -0.39 is 11.9 Å². The van der Waals surface area contributed by atoms with E-state index in [9.17, 15) is 4.79 Å². The Labute approximate surface area is 83.3 Å². The molecule has 1 rings (SSSR count). The molecule has 0 saturated heterocycles. The second-order valence-electron chi connectivity index (χ2n) is 3.29. The van der Waals surface area contributed by atoms with Crippen LogP contribution in [0.25, 0.3) is 0 Å². The maximum absolute atomic E-state index is 10.7. The Balaban J connectivity index is 3.02. The summed E-state index contributed by atoms with van der Waals surface area (Å²) < 4.78 is 5.09. The van der Waals surface area contributed by atoms with Crippen molar-refractivity contribution in [2.75, 3.05) is 7.11 Å². The quantitative estimate of drug-likeness (QED) is 0.802. The zero-order valence-electron chi connectivity index (χ0n) is 8.57. The smallest absolute Gasteiger partial charge is 0.310 e. The fourth-order valence-electron chi connectivity index (χ4n) is 1.31. The number of aliphatic carboxylic acids is 1. The van der Waals surface area contributed by atoms with Gasteiger partial charge in [-0.05, 0) is 31.0 Å². The molecular weight excluding hydrogens is 180 g/mol. The third kappa shape index (κ3) is 2.05. The van der Waals surface area contributed by atoms with E-state index in [0.717, 1.165) is 16.9 Å². The predicted molar refractivity (Wildman–Crippen MR) is 53.8 cm³/mol. The van der Waals surface area contributed by atoms with Gasteiger partial charge in [-0.1, -0.05) is 12.1 Å². The van der Waals surface area contributed by atoms with Crippen molar-refractivity contribution < 1.29 is 14.6 Å². The Morgan fingerprint density at radius 1 is 1.50 bits per heavy atom. The first-order chi connectivity index (χ1) is 6.56. The normalized spacial score (nSPS) is 12.2. The van der Waals surface area contributed by atoms with Crippen LogP contribution in [0.15, 0.2) is 18.2 Å². The van der Waals surface area contributed by atoms with Gasteiger partial charge in [0.25, 0.3) is 0 Å². The standard InChI is InChI=1S/C11H14O3/c1-7-6-9(8(2)11(12)13)4-5-10(7)14-3/h4-6,8H,1-3H3,(H,12,13)/t8-/m0/s1. The summed E-state index contributed by atoms with van der Waals surface area (Å²) in [6.07, 6.45) is 0. The summed E-state index contributed by atoms with van der Waals surface area (Å²) in [6, 6.07) is 5.42. The highest BCUT2D eigenvalue weighted by Crippen LogP contribution is 2.23. The fourth-order valence-corrected chi connectivity index (χ4v) is 1.31. The van der Waals surface area contributed by atoms with Crippen LogP contribution in [0.3, 0.4) is 0 Å². The first-order valence-corrected chi connectivity index (χ1v) is 4.43. The summed E-state index contributed by atoms with van der Waals surface area (Å²) in [5.74, 6) is -0.500. The van der Waals surface area contributed by atoms with Crippen LogP contribution >= 0.6 is 0 Å². The monoisotopic (exact) mass is 194 g/mol. The van der Waals surface area contributed by atoms with Gasteiger partial charge in [0.2, 0.25) is 0 Å². The molecule has 1 aromatic carbocycles. The average Bonchev–Trinajstić information content (AvgIpc) is 2.16. The van der Waals surface area contributed by atoms with E-state index in [1.54, 1.807) is 26.2 Å². The molecule has 0 fully saturated rings. The molecule has 0 radical (unpaired) electrons. The highest BCUT2D eigenvalue weighted by Gasteiger charge is 2.14. The van der Waals surface area contributed by atoms with Crippen LogP contribution in [0.5, 0.6) is 5.75 Å². The average molecular weight is 194 g/mol. The van der Waals surface area contributed by atoms with E-state index in [0.29, 0.717) is 0 Å². The Morgan fingerprint density at radius 3 is 2.57 bits per heavy atom. The van der Waals surface area contributed by atoms with Gasteiger partial charge < -0.3 is 9.84 Å². The number of benzene rings is 1. The molecule has 3 heteroatoms. The molecule has 0 aliphatic rings. The van der Waals surface area contributed by atoms with Crippen LogP contribution in [0.2, 0.25) is 0 Å². The summed E-state index contributed by atoms with van der Waals surface area (Å²) in [5.41, 5.74) is 1.76. The molecule has 14 heavy (non-hydrogen) atoms. The van der Waals surface area contributed by atoms with Crippen LogP contribution in [0.4, 0.5) is 0 Å². The van der Waals surface area contributed by atoms with Crippen molar-refractivity contribution in [3.8, 4) is 5.75 Å². The van der Waals surface area contributed by atoms with Crippen molar-refractivity contribution in [3.63, 3.8) is 0 Å². The third-order valence-electron chi connectivity index (χ3n) is 2.29.